The third-order valence-corrected chi connectivity index (χ3v) is 6.12. The number of hydrogen-bond donors (Lipinski definition) is 0. The van der Waals surface area contributed by atoms with Crippen LogP contribution in [0.15, 0.2) is 42.0 Å². The molecule has 5 rings (SSSR count). The maximum Gasteiger partial charge on any atom is 0.333 e. The molecule has 0 bridgehead atoms. The third-order valence-electron chi connectivity index (χ3n) is 6.12. The first-order chi connectivity index (χ1) is 15.0. The van der Waals surface area contributed by atoms with Crippen molar-refractivity contribution >= 4 is 11.9 Å². The Morgan fingerprint density at radius 1 is 1.16 bits per heavy atom. The predicted molar refractivity (Wildman–Crippen MR) is 106 cm³/mol. The molecule has 31 heavy (non-hydrogen) atoms. The molecule has 1 spiro atoms. The Morgan fingerprint density at radius 2 is 2.00 bits per heavy atom. The van der Waals surface area contributed by atoms with Crippen LogP contribution in [0.2, 0.25) is 0 Å². The van der Waals surface area contributed by atoms with Crippen molar-refractivity contribution in [1.82, 2.24) is 40.2 Å². The van der Waals surface area contributed by atoms with Gasteiger partial charge in [-0.1, -0.05) is 0 Å². The molecule has 3 aliphatic heterocycles. The van der Waals surface area contributed by atoms with E-state index in [0.29, 0.717) is 11.5 Å². The number of carbonyl (C=O) groups excluding carboxylic acids is 2. The monoisotopic (exact) mass is 422 g/mol. The van der Waals surface area contributed by atoms with Crippen LogP contribution in [0.25, 0.3) is 5.82 Å². The van der Waals surface area contributed by atoms with E-state index in [1.165, 1.54) is 17.1 Å². The molecule has 0 radical (unpaired) electrons. The maximum atomic E-state index is 13.2. The van der Waals surface area contributed by atoms with E-state index in [1.807, 2.05) is 19.1 Å². The highest BCUT2D eigenvalue weighted by Gasteiger charge is 2.48. The lowest BCUT2D eigenvalue weighted by molar-refractivity contribution is -0.137. The quantitative estimate of drug-likeness (QED) is 0.625. The van der Waals surface area contributed by atoms with Crippen LogP contribution in [-0.2, 0) is 20.7 Å². The maximum absolute atomic E-state index is 13.2. The van der Waals surface area contributed by atoms with Gasteiger partial charge >= 0.3 is 5.97 Å². The topological polar surface area (TPSA) is 119 Å². The van der Waals surface area contributed by atoms with Gasteiger partial charge in [-0.15, -0.1) is 10.2 Å². The van der Waals surface area contributed by atoms with E-state index in [0.717, 1.165) is 50.3 Å². The van der Waals surface area contributed by atoms with Crippen LogP contribution < -0.4 is 0 Å². The van der Waals surface area contributed by atoms with Crippen LogP contribution in [0.3, 0.4) is 0 Å². The number of nitrogens with zero attached hydrogens (tertiary/aromatic N) is 8. The van der Waals surface area contributed by atoms with Crippen LogP contribution in [0.5, 0.6) is 0 Å². The van der Waals surface area contributed by atoms with Crippen LogP contribution in [0, 0.1) is 5.41 Å². The lowest BCUT2D eigenvalue weighted by atomic mass is 9.78. The summed E-state index contributed by atoms with van der Waals surface area (Å²) in [6.07, 6.45) is 7.24. The molecule has 0 atom stereocenters. The van der Waals surface area contributed by atoms with Crippen LogP contribution in [-0.4, -0.2) is 78.3 Å². The van der Waals surface area contributed by atoms with Crippen molar-refractivity contribution in [1.29, 1.82) is 0 Å². The van der Waals surface area contributed by atoms with Crippen molar-refractivity contribution in [3.05, 3.63) is 47.7 Å². The molecule has 3 aliphatic rings. The van der Waals surface area contributed by atoms with Gasteiger partial charge in [-0.05, 0) is 61.5 Å². The summed E-state index contributed by atoms with van der Waals surface area (Å²) >= 11 is 0. The molecule has 0 aliphatic carbocycles. The second-order valence-electron chi connectivity index (χ2n) is 8.05. The average Bonchev–Trinajstić information content (AvgIpc) is 3.50. The van der Waals surface area contributed by atoms with Crippen LogP contribution >= 0.6 is 0 Å². The SMILES string of the molecule is CC1=CC2(CCN(CCc3ccc(-n4cnnn4)nn3)CC2)C(=O)N1C1=CC(=O)OC1. The fraction of sp³-hybridized carbons (Fsp3) is 0.450. The molecule has 1 amide bonds. The fourth-order valence-corrected chi connectivity index (χ4v) is 4.44. The first-order valence-electron chi connectivity index (χ1n) is 10.2. The van der Waals surface area contributed by atoms with Gasteiger partial charge < -0.3 is 9.64 Å². The third kappa shape index (κ3) is 3.61. The van der Waals surface area contributed by atoms with Crippen molar-refractivity contribution in [2.45, 2.75) is 26.2 Å². The largest absolute Gasteiger partial charge is 0.456 e. The summed E-state index contributed by atoms with van der Waals surface area (Å²) in [6.45, 7) is 4.58. The van der Waals surface area contributed by atoms with Gasteiger partial charge in [-0.25, -0.2) is 4.79 Å². The molecule has 0 saturated carbocycles. The molecule has 11 heteroatoms. The Bertz CT molecular complexity index is 1050. The predicted octanol–water partition coefficient (Wildman–Crippen LogP) is 0.264. The molecule has 5 heterocycles. The molecule has 160 valence electrons. The van der Waals surface area contributed by atoms with E-state index in [1.54, 1.807) is 4.90 Å². The number of cyclic esters (lactones) is 1. The zero-order valence-electron chi connectivity index (χ0n) is 17.1. The van der Waals surface area contributed by atoms with E-state index in [9.17, 15) is 9.59 Å². The van der Waals surface area contributed by atoms with Gasteiger partial charge in [0.25, 0.3) is 0 Å². The average molecular weight is 422 g/mol. The summed E-state index contributed by atoms with van der Waals surface area (Å²) in [5, 5.41) is 19.4. The van der Waals surface area contributed by atoms with Gasteiger partial charge in [0.2, 0.25) is 5.91 Å². The summed E-state index contributed by atoms with van der Waals surface area (Å²) in [4.78, 5) is 28.6. The van der Waals surface area contributed by atoms with Gasteiger partial charge in [0.1, 0.15) is 12.9 Å². The van der Waals surface area contributed by atoms with E-state index in [4.69, 9.17) is 4.74 Å². The van der Waals surface area contributed by atoms with E-state index >= 15 is 0 Å². The van der Waals surface area contributed by atoms with Crippen molar-refractivity contribution in [2.24, 2.45) is 5.41 Å². The fourth-order valence-electron chi connectivity index (χ4n) is 4.44. The van der Waals surface area contributed by atoms with Gasteiger partial charge in [-0.2, -0.15) is 9.78 Å². The minimum Gasteiger partial charge on any atom is -0.456 e. The van der Waals surface area contributed by atoms with Crippen molar-refractivity contribution < 1.29 is 14.3 Å². The highest BCUT2D eigenvalue weighted by Crippen LogP contribution is 2.43. The number of tetrazole rings is 1. The van der Waals surface area contributed by atoms with Crippen molar-refractivity contribution in [3.8, 4) is 5.82 Å². The lowest BCUT2D eigenvalue weighted by Gasteiger charge is -2.37. The van der Waals surface area contributed by atoms with Crippen LogP contribution in [0.1, 0.15) is 25.5 Å². The number of ether oxygens (including phenoxy) is 1. The Morgan fingerprint density at radius 3 is 2.65 bits per heavy atom. The number of carbonyl (C=O) groups is 2. The Balaban J connectivity index is 1.17. The zero-order valence-corrected chi connectivity index (χ0v) is 17.1. The minimum atomic E-state index is -0.486. The number of aromatic nitrogens is 6. The zero-order chi connectivity index (χ0) is 21.4. The van der Waals surface area contributed by atoms with Gasteiger partial charge in [0, 0.05) is 24.7 Å². The van der Waals surface area contributed by atoms with Gasteiger partial charge in [0.15, 0.2) is 5.82 Å². The Labute approximate surface area is 178 Å². The molecular weight excluding hydrogens is 400 g/mol. The van der Waals surface area contributed by atoms with Gasteiger partial charge in [0.05, 0.1) is 16.8 Å². The number of amides is 1. The van der Waals surface area contributed by atoms with E-state index in [2.05, 4.69) is 36.7 Å². The number of hydrogen-bond acceptors (Lipinski definition) is 9. The highest BCUT2D eigenvalue weighted by atomic mass is 16.5. The van der Waals surface area contributed by atoms with Crippen molar-refractivity contribution in [2.75, 3.05) is 26.2 Å². The van der Waals surface area contributed by atoms with E-state index in [-0.39, 0.29) is 18.5 Å². The molecule has 11 nitrogen and oxygen atoms in total. The Hall–Kier alpha value is -3.47. The standard InChI is InChI=1S/C20H22N8O3/c1-14-11-20(19(30)28(14)16-10-18(29)31-12-16)5-8-26(9-6-20)7-4-15-2-3-17(23-22-15)27-13-21-24-25-27/h2-3,10-11,13H,4-9,12H2,1H3. The molecule has 0 unspecified atom stereocenters. The molecule has 1 saturated heterocycles. The summed E-state index contributed by atoms with van der Waals surface area (Å²) in [5.74, 6) is 0.239. The summed E-state index contributed by atoms with van der Waals surface area (Å²) in [7, 11) is 0. The van der Waals surface area contributed by atoms with E-state index < -0.39 is 5.41 Å². The number of allylic oxidation sites excluding steroid dienone is 1. The molecule has 0 aromatic carbocycles. The molecule has 2 aromatic rings. The number of esters is 1. The summed E-state index contributed by atoms with van der Waals surface area (Å²) in [5.41, 5.74) is 1.92. The highest BCUT2D eigenvalue weighted by molar-refractivity contribution is 5.93. The van der Waals surface area contributed by atoms with Crippen LogP contribution in [0.4, 0.5) is 0 Å². The smallest absolute Gasteiger partial charge is 0.333 e. The summed E-state index contributed by atoms with van der Waals surface area (Å²) < 4.78 is 6.45. The summed E-state index contributed by atoms with van der Waals surface area (Å²) in [6, 6.07) is 3.77. The second-order valence-corrected chi connectivity index (χ2v) is 8.05. The number of likely N-dealkylation sites (tertiary alicyclic amines) is 1. The molecular formula is C20H22N8O3. The first-order valence-corrected chi connectivity index (χ1v) is 10.2. The molecule has 0 N–H and O–H groups in total. The Kier molecular flexibility index (Phi) is 4.81. The molecule has 2 aromatic heterocycles. The minimum absolute atomic E-state index is 0.0539. The normalized spacial score (nSPS) is 20.9. The number of piperidine rings is 1. The van der Waals surface area contributed by atoms with Crippen molar-refractivity contribution in [3.63, 3.8) is 0 Å². The van der Waals surface area contributed by atoms with Gasteiger partial charge in [-0.3, -0.25) is 9.69 Å². The number of rotatable bonds is 5. The first kappa shape index (κ1) is 19.5. The molecule has 1 fully saturated rings. The second kappa shape index (κ2) is 7.65. The lowest BCUT2D eigenvalue weighted by Crippen LogP contribution is -2.45.